The summed E-state index contributed by atoms with van der Waals surface area (Å²) in [6.45, 7) is 7.30. The van der Waals surface area contributed by atoms with Gasteiger partial charge < -0.3 is 10.6 Å². The highest BCUT2D eigenvalue weighted by Gasteiger charge is 2.19. The average molecular weight is 322 g/mol. The van der Waals surface area contributed by atoms with Crippen LogP contribution in [0.4, 0.5) is 11.6 Å². The summed E-state index contributed by atoms with van der Waals surface area (Å²) in [5.74, 6) is 0.319. The van der Waals surface area contributed by atoms with Gasteiger partial charge in [-0.25, -0.2) is 4.52 Å². The van der Waals surface area contributed by atoms with E-state index in [0.29, 0.717) is 5.95 Å². The van der Waals surface area contributed by atoms with E-state index in [0.717, 1.165) is 38.4 Å². The summed E-state index contributed by atoms with van der Waals surface area (Å²) in [6, 6.07) is 12.7. The molecule has 0 saturated carbocycles. The second-order valence-corrected chi connectivity index (χ2v) is 6.36. The van der Waals surface area contributed by atoms with Crippen molar-refractivity contribution in [3.63, 3.8) is 0 Å². The number of nitrogens with two attached hydrogens (primary N) is 1. The summed E-state index contributed by atoms with van der Waals surface area (Å²) in [5, 5.41) is 4.23. The molecular weight excluding hydrogens is 300 g/mol. The van der Waals surface area contributed by atoms with Crippen LogP contribution in [0, 0.1) is 6.92 Å². The Hall–Kier alpha value is -2.60. The minimum atomic E-state index is 0.319. The molecule has 3 heterocycles. The maximum atomic E-state index is 5.70. The van der Waals surface area contributed by atoms with Gasteiger partial charge in [0, 0.05) is 32.7 Å². The molecule has 1 fully saturated rings. The molecule has 124 valence electrons. The van der Waals surface area contributed by atoms with Gasteiger partial charge in [-0.15, -0.1) is 5.10 Å². The predicted molar refractivity (Wildman–Crippen MR) is 96.1 cm³/mol. The van der Waals surface area contributed by atoms with Gasteiger partial charge >= 0.3 is 0 Å². The van der Waals surface area contributed by atoms with Crippen LogP contribution in [0.15, 0.2) is 42.6 Å². The van der Waals surface area contributed by atoms with Crippen LogP contribution in [0.1, 0.15) is 11.1 Å². The van der Waals surface area contributed by atoms with Crippen molar-refractivity contribution in [2.45, 2.75) is 13.5 Å². The molecule has 6 heteroatoms. The number of hydrogen-bond acceptors (Lipinski definition) is 5. The summed E-state index contributed by atoms with van der Waals surface area (Å²) in [7, 11) is 0. The first kappa shape index (κ1) is 15.0. The highest BCUT2D eigenvalue weighted by atomic mass is 15.3. The number of nitrogens with zero attached hydrogens (tertiary/aromatic N) is 5. The van der Waals surface area contributed by atoms with Gasteiger partial charge in [-0.05, 0) is 24.1 Å². The van der Waals surface area contributed by atoms with Crippen molar-refractivity contribution in [1.82, 2.24) is 19.5 Å². The summed E-state index contributed by atoms with van der Waals surface area (Å²) < 4.78 is 1.77. The normalized spacial score (nSPS) is 16.0. The first-order valence-corrected chi connectivity index (χ1v) is 8.33. The molecule has 1 aromatic carbocycles. The van der Waals surface area contributed by atoms with Crippen molar-refractivity contribution >= 4 is 17.3 Å². The van der Waals surface area contributed by atoms with Crippen LogP contribution in [0.2, 0.25) is 0 Å². The van der Waals surface area contributed by atoms with Gasteiger partial charge in [0.05, 0.1) is 11.9 Å². The molecule has 0 radical (unpaired) electrons. The molecule has 1 aliphatic rings. The van der Waals surface area contributed by atoms with Crippen LogP contribution in [0.25, 0.3) is 5.65 Å². The summed E-state index contributed by atoms with van der Waals surface area (Å²) in [6.07, 6.45) is 2.04. The molecule has 4 rings (SSSR count). The molecule has 0 aliphatic carbocycles. The maximum Gasteiger partial charge on any atom is 0.240 e. The van der Waals surface area contributed by atoms with Gasteiger partial charge in [0.1, 0.15) is 0 Å². The first-order valence-electron chi connectivity index (χ1n) is 8.33. The van der Waals surface area contributed by atoms with E-state index < -0.39 is 0 Å². The maximum absolute atomic E-state index is 5.70. The Morgan fingerprint density at radius 3 is 2.58 bits per heavy atom. The van der Waals surface area contributed by atoms with Gasteiger partial charge in [-0.3, -0.25) is 4.90 Å². The van der Waals surface area contributed by atoms with E-state index in [9.17, 15) is 0 Å². The van der Waals surface area contributed by atoms with Crippen LogP contribution >= 0.6 is 0 Å². The van der Waals surface area contributed by atoms with Crippen molar-refractivity contribution in [1.29, 1.82) is 0 Å². The lowest BCUT2D eigenvalue weighted by Gasteiger charge is -2.36. The van der Waals surface area contributed by atoms with E-state index in [2.05, 4.69) is 63.2 Å². The Kier molecular flexibility index (Phi) is 3.82. The zero-order chi connectivity index (χ0) is 16.5. The number of piperazine rings is 1. The molecule has 0 spiro atoms. The predicted octanol–water partition coefficient (Wildman–Crippen LogP) is 1.94. The highest BCUT2D eigenvalue weighted by molar-refractivity contribution is 5.58. The van der Waals surface area contributed by atoms with Crippen LogP contribution in [-0.2, 0) is 6.54 Å². The van der Waals surface area contributed by atoms with Crippen LogP contribution in [0.5, 0.6) is 0 Å². The number of aryl methyl sites for hydroxylation is 1. The van der Waals surface area contributed by atoms with Crippen molar-refractivity contribution in [2.75, 3.05) is 36.8 Å². The molecule has 0 amide bonds. The minimum Gasteiger partial charge on any atom is -0.368 e. The quantitative estimate of drug-likeness (QED) is 0.798. The van der Waals surface area contributed by atoms with E-state index >= 15 is 0 Å². The Morgan fingerprint density at radius 1 is 1.08 bits per heavy atom. The molecule has 2 aromatic heterocycles. The van der Waals surface area contributed by atoms with Crippen molar-refractivity contribution in [3.05, 3.63) is 53.7 Å². The Balaban J connectivity index is 1.46. The van der Waals surface area contributed by atoms with Crippen molar-refractivity contribution < 1.29 is 0 Å². The second kappa shape index (κ2) is 6.13. The molecule has 2 N–H and O–H groups in total. The number of fused-ring (bicyclic) bond motifs is 1. The molecule has 0 bridgehead atoms. The van der Waals surface area contributed by atoms with E-state index in [1.165, 1.54) is 16.8 Å². The number of hydrogen-bond donors (Lipinski definition) is 1. The van der Waals surface area contributed by atoms with Crippen LogP contribution < -0.4 is 10.6 Å². The van der Waals surface area contributed by atoms with Crippen molar-refractivity contribution in [2.24, 2.45) is 0 Å². The summed E-state index contributed by atoms with van der Waals surface area (Å²) >= 11 is 0. The van der Waals surface area contributed by atoms with Crippen LogP contribution in [0.3, 0.4) is 0 Å². The third-order valence-electron chi connectivity index (χ3n) is 4.63. The smallest absolute Gasteiger partial charge is 0.240 e. The lowest BCUT2D eigenvalue weighted by Crippen LogP contribution is -2.46. The molecule has 1 aliphatic heterocycles. The van der Waals surface area contributed by atoms with Crippen molar-refractivity contribution in [3.8, 4) is 0 Å². The lowest BCUT2D eigenvalue weighted by atomic mass is 10.1. The SMILES string of the molecule is Cc1cc2nc(N)nn2cc1N1CCN(Cc2ccccc2)CC1. The zero-order valence-electron chi connectivity index (χ0n) is 13.9. The minimum absolute atomic E-state index is 0.319. The monoisotopic (exact) mass is 322 g/mol. The van der Waals surface area contributed by atoms with E-state index in [1.807, 2.05) is 6.20 Å². The highest BCUT2D eigenvalue weighted by Crippen LogP contribution is 2.23. The third-order valence-corrected chi connectivity index (χ3v) is 4.63. The molecule has 3 aromatic rings. The second-order valence-electron chi connectivity index (χ2n) is 6.36. The fraction of sp³-hybridized carbons (Fsp3) is 0.333. The topological polar surface area (TPSA) is 62.7 Å². The number of pyridine rings is 1. The summed E-state index contributed by atoms with van der Waals surface area (Å²) in [5.41, 5.74) is 10.3. The van der Waals surface area contributed by atoms with E-state index in [-0.39, 0.29) is 0 Å². The standard InChI is InChI=1S/C18H22N6/c1-14-11-17-20-18(19)21-24(17)13-16(14)23-9-7-22(8-10-23)12-15-5-3-2-4-6-15/h2-6,11,13H,7-10,12H2,1H3,(H2,19,21). The Labute approximate surface area is 141 Å². The third kappa shape index (κ3) is 2.92. The number of aromatic nitrogens is 3. The van der Waals surface area contributed by atoms with Gasteiger partial charge in [-0.2, -0.15) is 4.98 Å². The first-order chi connectivity index (χ1) is 11.7. The van der Waals surface area contributed by atoms with Gasteiger partial charge in [0.2, 0.25) is 5.95 Å². The number of anilines is 2. The number of rotatable bonds is 3. The fourth-order valence-corrected chi connectivity index (χ4v) is 3.35. The molecular formula is C18H22N6. The molecule has 0 atom stereocenters. The Bertz CT molecular complexity index is 833. The average Bonchev–Trinajstić information content (AvgIpc) is 2.95. The van der Waals surface area contributed by atoms with Gasteiger partial charge in [0.15, 0.2) is 5.65 Å². The molecule has 1 saturated heterocycles. The van der Waals surface area contributed by atoms with E-state index in [4.69, 9.17) is 5.73 Å². The zero-order valence-corrected chi connectivity index (χ0v) is 13.9. The molecule has 24 heavy (non-hydrogen) atoms. The van der Waals surface area contributed by atoms with Crippen LogP contribution in [-0.4, -0.2) is 45.7 Å². The van der Waals surface area contributed by atoms with E-state index in [1.54, 1.807) is 4.52 Å². The molecule has 6 nitrogen and oxygen atoms in total. The number of benzene rings is 1. The van der Waals surface area contributed by atoms with Gasteiger partial charge in [0.25, 0.3) is 0 Å². The fourth-order valence-electron chi connectivity index (χ4n) is 3.35. The van der Waals surface area contributed by atoms with Gasteiger partial charge in [-0.1, -0.05) is 30.3 Å². The largest absolute Gasteiger partial charge is 0.368 e. The Morgan fingerprint density at radius 2 is 1.83 bits per heavy atom. The molecule has 0 unspecified atom stereocenters. The summed E-state index contributed by atoms with van der Waals surface area (Å²) in [4.78, 5) is 9.15. The lowest BCUT2D eigenvalue weighted by molar-refractivity contribution is 0.249. The number of nitrogen functional groups attached to an aromatic ring is 1.